The van der Waals surface area contributed by atoms with Gasteiger partial charge in [-0.05, 0) is 50.5 Å². The zero-order chi connectivity index (χ0) is 18.4. The van der Waals surface area contributed by atoms with Gasteiger partial charge in [-0.3, -0.25) is 0 Å². The van der Waals surface area contributed by atoms with Crippen LogP contribution in [0.3, 0.4) is 0 Å². The van der Waals surface area contributed by atoms with Crippen LogP contribution in [0.1, 0.15) is 37.3 Å². The summed E-state index contributed by atoms with van der Waals surface area (Å²) < 4.78 is 11.8. The molecule has 3 rings (SSSR count). The summed E-state index contributed by atoms with van der Waals surface area (Å²) in [6.45, 7) is 5.01. The van der Waals surface area contributed by atoms with Crippen LogP contribution in [0.25, 0.3) is 0 Å². The van der Waals surface area contributed by atoms with Crippen LogP contribution >= 0.6 is 23.8 Å². The number of ether oxygens (including phenoxy) is 2. The molecule has 0 N–H and O–H groups in total. The molecule has 1 heterocycles. The fraction of sp³-hybridized carbons (Fsp3) is 0.381. The minimum atomic E-state index is 0.398. The minimum absolute atomic E-state index is 0.398. The number of benzene rings is 2. The zero-order valence-corrected chi connectivity index (χ0v) is 16.6. The summed E-state index contributed by atoms with van der Waals surface area (Å²) in [5.74, 6) is 1.42. The largest absolute Gasteiger partial charge is 0.490 e. The number of halogens is 1. The van der Waals surface area contributed by atoms with Gasteiger partial charge in [-0.25, -0.2) is 0 Å². The number of rotatable bonds is 6. The molecule has 2 aromatic rings. The van der Waals surface area contributed by atoms with Crippen molar-refractivity contribution in [3.05, 3.63) is 58.6 Å². The Balaban J connectivity index is 1.75. The van der Waals surface area contributed by atoms with Crippen molar-refractivity contribution in [1.82, 2.24) is 4.90 Å². The van der Waals surface area contributed by atoms with E-state index in [-0.39, 0.29) is 0 Å². The highest BCUT2D eigenvalue weighted by molar-refractivity contribution is 7.80. The van der Waals surface area contributed by atoms with Gasteiger partial charge in [0.15, 0.2) is 11.5 Å². The molecule has 1 saturated heterocycles. The van der Waals surface area contributed by atoms with E-state index < -0.39 is 0 Å². The van der Waals surface area contributed by atoms with Crippen LogP contribution in [0.5, 0.6) is 11.5 Å². The van der Waals surface area contributed by atoms with Crippen LogP contribution in [-0.2, 0) is 6.61 Å². The minimum Gasteiger partial charge on any atom is -0.490 e. The number of hydrogen-bond acceptors (Lipinski definition) is 3. The lowest BCUT2D eigenvalue weighted by atomic mass is 10.1. The first-order chi connectivity index (χ1) is 12.7. The second-order valence-electron chi connectivity index (χ2n) is 6.33. The molecule has 2 aromatic carbocycles. The highest BCUT2D eigenvalue weighted by Gasteiger charge is 2.17. The average Bonchev–Trinajstić information content (AvgIpc) is 2.68. The molecule has 3 nitrogen and oxygen atoms in total. The molecule has 5 heteroatoms. The Kier molecular flexibility index (Phi) is 6.75. The van der Waals surface area contributed by atoms with Crippen molar-refractivity contribution in [2.45, 2.75) is 32.8 Å². The Bertz CT molecular complexity index is 759. The van der Waals surface area contributed by atoms with Crippen LogP contribution in [-0.4, -0.2) is 29.6 Å². The van der Waals surface area contributed by atoms with Gasteiger partial charge in [0.25, 0.3) is 0 Å². The van der Waals surface area contributed by atoms with Gasteiger partial charge in [0.1, 0.15) is 11.6 Å². The Morgan fingerprint density at radius 1 is 1.04 bits per heavy atom. The van der Waals surface area contributed by atoms with Gasteiger partial charge >= 0.3 is 0 Å². The lowest BCUT2D eigenvalue weighted by molar-refractivity contribution is 0.269. The fourth-order valence-corrected chi connectivity index (χ4v) is 3.58. The summed E-state index contributed by atoms with van der Waals surface area (Å²) in [4.78, 5) is 3.18. The number of hydrogen-bond donors (Lipinski definition) is 0. The van der Waals surface area contributed by atoms with Crippen molar-refractivity contribution in [2.75, 3.05) is 19.7 Å². The Morgan fingerprint density at radius 3 is 2.54 bits per heavy atom. The SMILES string of the molecule is CCOc1cc(C(=S)N2CCCCC2)ccc1OCc1ccccc1Cl. The van der Waals surface area contributed by atoms with Gasteiger partial charge < -0.3 is 14.4 Å². The van der Waals surface area contributed by atoms with E-state index in [2.05, 4.69) is 4.90 Å². The summed E-state index contributed by atoms with van der Waals surface area (Å²) in [5, 5.41) is 0.702. The van der Waals surface area contributed by atoms with Gasteiger partial charge in [-0.2, -0.15) is 0 Å². The molecule has 0 aliphatic carbocycles. The molecular weight excluding hydrogens is 366 g/mol. The summed E-state index contributed by atoms with van der Waals surface area (Å²) in [7, 11) is 0. The molecule has 0 radical (unpaired) electrons. The summed E-state index contributed by atoms with van der Waals surface area (Å²) >= 11 is 11.9. The third kappa shape index (κ3) is 4.68. The third-order valence-corrected chi connectivity index (χ3v) is 5.34. The smallest absolute Gasteiger partial charge is 0.161 e. The lowest BCUT2D eigenvalue weighted by Crippen LogP contribution is -2.34. The standard InChI is InChI=1S/C21H24ClNO2S/c1-2-24-20-14-16(21(26)23-12-6-3-7-13-23)10-11-19(20)25-15-17-8-4-5-9-18(17)22/h4-5,8-11,14H,2-3,6-7,12-13,15H2,1H3. The quantitative estimate of drug-likeness (QED) is 0.610. The molecule has 0 spiro atoms. The lowest BCUT2D eigenvalue weighted by Gasteiger charge is -2.29. The molecule has 1 fully saturated rings. The predicted octanol–water partition coefficient (Wildman–Crippen LogP) is 5.48. The van der Waals surface area contributed by atoms with E-state index in [4.69, 9.17) is 33.3 Å². The monoisotopic (exact) mass is 389 g/mol. The van der Waals surface area contributed by atoms with Gasteiger partial charge in [0.05, 0.1) is 6.61 Å². The van der Waals surface area contributed by atoms with Crippen LogP contribution < -0.4 is 9.47 Å². The van der Waals surface area contributed by atoms with E-state index in [1.54, 1.807) is 0 Å². The second-order valence-corrected chi connectivity index (χ2v) is 7.12. The van der Waals surface area contributed by atoms with Crippen LogP contribution in [0.4, 0.5) is 0 Å². The molecule has 0 amide bonds. The molecule has 138 valence electrons. The van der Waals surface area contributed by atoms with E-state index in [0.29, 0.717) is 24.0 Å². The number of nitrogens with zero attached hydrogens (tertiary/aromatic N) is 1. The summed E-state index contributed by atoms with van der Waals surface area (Å²) in [6.07, 6.45) is 3.70. The maximum atomic E-state index is 6.21. The van der Waals surface area contributed by atoms with Crippen molar-refractivity contribution in [3.8, 4) is 11.5 Å². The third-order valence-electron chi connectivity index (χ3n) is 4.47. The Hall–Kier alpha value is -1.78. The zero-order valence-electron chi connectivity index (χ0n) is 15.0. The second kappa shape index (κ2) is 9.24. The van der Waals surface area contributed by atoms with Gasteiger partial charge in [0, 0.05) is 29.2 Å². The van der Waals surface area contributed by atoms with Gasteiger partial charge in [0.2, 0.25) is 0 Å². The molecule has 0 unspecified atom stereocenters. The molecule has 0 aromatic heterocycles. The van der Waals surface area contributed by atoms with Crippen molar-refractivity contribution in [3.63, 3.8) is 0 Å². The van der Waals surface area contributed by atoms with Gasteiger partial charge in [-0.1, -0.05) is 42.0 Å². The summed E-state index contributed by atoms with van der Waals surface area (Å²) in [5.41, 5.74) is 1.96. The van der Waals surface area contributed by atoms with Crippen molar-refractivity contribution >= 4 is 28.8 Å². The van der Waals surface area contributed by atoms with Crippen LogP contribution in [0.2, 0.25) is 5.02 Å². The topological polar surface area (TPSA) is 21.7 Å². The Labute approximate surface area is 165 Å². The first-order valence-corrected chi connectivity index (χ1v) is 9.90. The first-order valence-electron chi connectivity index (χ1n) is 9.11. The van der Waals surface area contributed by atoms with E-state index >= 15 is 0 Å². The van der Waals surface area contributed by atoms with Crippen molar-refractivity contribution < 1.29 is 9.47 Å². The van der Waals surface area contributed by atoms with Crippen molar-refractivity contribution in [1.29, 1.82) is 0 Å². The molecule has 1 aliphatic heterocycles. The number of piperidine rings is 1. The number of thiocarbonyl (C=S) groups is 1. The highest BCUT2D eigenvalue weighted by Crippen LogP contribution is 2.31. The summed E-state index contributed by atoms with van der Waals surface area (Å²) in [6, 6.07) is 13.6. The van der Waals surface area contributed by atoms with Crippen LogP contribution in [0, 0.1) is 0 Å². The maximum Gasteiger partial charge on any atom is 0.161 e. The van der Waals surface area contributed by atoms with Crippen LogP contribution in [0.15, 0.2) is 42.5 Å². The molecule has 0 atom stereocenters. The molecule has 26 heavy (non-hydrogen) atoms. The van der Waals surface area contributed by atoms with E-state index in [0.717, 1.165) is 35.0 Å². The van der Waals surface area contributed by atoms with E-state index in [1.807, 2.05) is 49.4 Å². The Morgan fingerprint density at radius 2 is 1.81 bits per heavy atom. The first kappa shape index (κ1) is 19.0. The van der Waals surface area contributed by atoms with Gasteiger partial charge in [-0.15, -0.1) is 0 Å². The van der Waals surface area contributed by atoms with E-state index in [1.165, 1.54) is 19.3 Å². The molecular formula is C21H24ClNO2S. The predicted molar refractivity (Wildman–Crippen MR) is 111 cm³/mol. The average molecular weight is 390 g/mol. The molecule has 0 bridgehead atoms. The number of likely N-dealkylation sites (tertiary alicyclic amines) is 1. The normalized spacial score (nSPS) is 14.2. The molecule has 0 saturated carbocycles. The molecule has 1 aliphatic rings. The maximum absolute atomic E-state index is 6.21. The van der Waals surface area contributed by atoms with Crippen molar-refractivity contribution in [2.24, 2.45) is 0 Å². The fourth-order valence-electron chi connectivity index (χ4n) is 3.08. The van der Waals surface area contributed by atoms with E-state index in [9.17, 15) is 0 Å². The highest BCUT2D eigenvalue weighted by atomic mass is 35.5.